The molecule has 122 valence electrons. The molecule has 0 bridgehead atoms. The highest BCUT2D eigenvalue weighted by Gasteiger charge is 2.30. The normalized spacial score (nSPS) is 17.6. The van der Waals surface area contributed by atoms with Gasteiger partial charge in [-0.1, -0.05) is 0 Å². The maximum Gasteiger partial charge on any atom is 0.306 e. The maximum atomic E-state index is 12.0. The second-order valence-electron chi connectivity index (χ2n) is 4.68. The molecule has 0 aromatic carbocycles. The van der Waals surface area contributed by atoms with E-state index in [1.807, 2.05) is 0 Å². The summed E-state index contributed by atoms with van der Waals surface area (Å²) >= 11 is 0. The van der Waals surface area contributed by atoms with Crippen molar-refractivity contribution >= 4 is 22.1 Å². The molecule has 0 aromatic heterocycles. The van der Waals surface area contributed by atoms with Gasteiger partial charge in [0.15, 0.2) is 0 Å². The molecule has 0 unspecified atom stereocenters. The number of carboxylic acid groups (broad SMARTS) is 1. The Morgan fingerprint density at radius 2 is 1.95 bits per heavy atom. The Kier molecular flexibility index (Phi) is 7.02. The predicted molar refractivity (Wildman–Crippen MR) is 73.7 cm³/mol. The monoisotopic (exact) mass is 323 g/mol. The van der Waals surface area contributed by atoms with Gasteiger partial charge in [0.25, 0.3) is 10.2 Å². The predicted octanol–water partition coefficient (Wildman–Crippen LogP) is -1.62. The van der Waals surface area contributed by atoms with Crippen molar-refractivity contribution in [3.8, 4) is 0 Å². The number of nitrogens with zero attached hydrogens (tertiary/aromatic N) is 1. The Hall–Kier alpha value is -1.23. The van der Waals surface area contributed by atoms with Gasteiger partial charge in [-0.3, -0.25) is 9.59 Å². The van der Waals surface area contributed by atoms with Crippen LogP contribution in [0.4, 0.5) is 0 Å². The number of carboxylic acids is 1. The minimum absolute atomic E-state index is 0.137. The van der Waals surface area contributed by atoms with Crippen LogP contribution < -0.4 is 10.0 Å². The van der Waals surface area contributed by atoms with Gasteiger partial charge in [0.1, 0.15) is 0 Å². The number of piperidine rings is 1. The molecule has 0 saturated carbocycles. The minimum atomic E-state index is -3.76. The number of hydrogen-bond acceptors (Lipinski definition) is 5. The van der Waals surface area contributed by atoms with Crippen molar-refractivity contribution in [2.75, 3.05) is 39.9 Å². The van der Waals surface area contributed by atoms with Gasteiger partial charge in [0, 0.05) is 26.7 Å². The van der Waals surface area contributed by atoms with Gasteiger partial charge in [0.05, 0.1) is 19.1 Å². The molecule has 0 aliphatic carbocycles. The van der Waals surface area contributed by atoms with E-state index in [2.05, 4.69) is 10.0 Å². The van der Waals surface area contributed by atoms with E-state index in [1.165, 1.54) is 7.11 Å². The molecular formula is C11H21N3O6S. The number of amides is 1. The van der Waals surface area contributed by atoms with Gasteiger partial charge in [-0.15, -0.1) is 0 Å². The Morgan fingerprint density at radius 3 is 2.48 bits per heavy atom. The lowest BCUT2D eigenvalue weighted by atomic mass is 9.99. The molecule has 1 aliphatic rings. The lowest BCUT2D eigenvalue weighted by Crippen LogP contribution is -2.48. The van der Waals surface area contributed by atoms with Crippen molar-refractivity contribution in [1.82, 2.24) is 14.3 Å². The largest absolute Gasteiger partial charge is 0.481 e. The van der Waals surface area contributed by atoms with Crippen LogP contribution in [-0.4, -0.2) is 69.6 Å². The zero-order valence-electron chi connectivity index (χ0n) is 11.9. The van der Waals surface area contributed by atoms with Gasteiger partial charge < -0.3 is 15.2 Å². The summed E-state index contributed by atoms with van der Waals surface area (Å²) in [5.74, 6) is -1.86. The number of hydrogen-bond donors (Lipinski definition) is 3. The van der Waals surface area contributed by atoms with E-state index in [-0.39, 0.29) is 32.5 Å². The zero-order valence-corrected chi connectivity index (χ0v) is 12.7. The molecule has 1 heterocycles. The summed E-state index contributed by atoms with van der Waals surface area (Å²) in [6, 6.07) is 0. The first-order chi connectivity index (χ1) is 9.86. The summed E-state index contributed by atoms with van der Waals surface area (Å²) in [5.41, 5.74) is 0. The number of aliphatic carboxylic acids is 1. The highest BCUT2D eigenvalue weighted by Crippen LogP contribution is 2.18. The van der Waals surface area contributed by atoms with E-state index < -0.39 is 28.0 Å². The minimum Gasteiger partial charge on any atom is -0.481 e. The summed E-state index contributed by atoms with van der Waals surface area (Å²) in [6.45, 7) is 0.572. The molecule has 1 aliphatic heterocycles. The molecule has 0 spiro atoms. The van der Waals surface area contributed by atoms with Crippen molar-refractivity contribution in [3.05, 3.63) is 0 Å². The average molecular weight is 323 g/mol. The van der Waals surface area contributed by atoms with Gasteiger partial charge in [-0.2, -0.15) is 17.4 Å². The molecule has 1 fully saturated rings. The first kappa shape index (κ1) is 17.8. The van der Waals surface area contributed by atoms with Gasteiger partial charge in [-0.05, 0) is 12.8 Å². The van der Waals surface area contributed by atoms with Crippen molar-refractivity contribution in [2.45, 2.75) is 12.8 Å². The van der Waals surface area contributed by atoms with Crippen molar-refractivity contribution in [2.24, 2.45) is 5.92 Å². The average Bonchev–Trinajstić information content (AvgIpc) is 2.45. The molecule has 10 heteroatoms. The molecule has 1 rings (SSSR count). The highest BCUT2D eigenvalue weighted by atomic mass is 32.2. The quantitative estimate of drug-likeness (QED) is 0.461. The zero-order chi connectivity index (χ0) is 15.9. The third-order valence-electron chi connectivity index (χ3n) is 3.19. The fraction of sp³-hybridized carbons (Fsp3) is 0.818. The van der Waals surface area contributed by atoms with Crippen LogP contribution in [-0.2, 0) is 24.5 Å². The molecule has 21 heavy (non-hydrogen) atoms. The third kappa shape index (κ3) is 5.96. The third-order valence-corrected chi connectivity index (χ3v) is 4.74. The first-order valence-electron chi connectivity index (χ1n) is 6.60. The summed E-state index contributed by atoms with van der Waals surface area (Å²) < 4.78 is 32.0. The van der Waals surface area contributed by atoms with Crippen LogP contribution in [0.1, 0.15) is 12.8 Å². The van der Waals surface area contributed by atoms with E-state index >= 15 is 0 Å². The van der Waals surface area contributed by atoms with Gasteiger partial charge >= 0.3 is 5.97 Å². The topological polar surface area (TPSA) is 125 Å². The van der Waals surface area contributed by atoms with E-state index in [0.717, 1.165) is 4.31 Å². The van der Waals surface area contributed by atoms with Gasteiger partial charge in [-0.25, -0.2) is 0 Å². The van der Waals surface area contributed by atoms with Crippen LogP contribution in [0.25, 0.3) is 0 Å². The number of ether oxygens (including phenoxy) is 1. The Bertz CT molecular complexity index is 459. The highest BCUT2D eigenvalue weighted by molar-refractivity contribution is 7.87. The maximum absolute atomic E-state index is 12.0. The molecule has 0 radical (unpaired) electrons. The van der Waals surface area contributed by atoms with Crippen LogP contribution in [0.5, 0.6) is 0 Å². The summed E-state index contributed by atoms with van der Waals surface area (Å²) in [6.07, 6.45) is 0.548. The summed E-state index contributed by atoms with van der Waals surface area (Å²) in [5, 5.41) is 11.4. The number of carbonyl (C=O) groups excluding carboxylic acids is 1. The first-order valence-corrected chi connectivity index (χ1v) is 8.04. The molecule has 3 N–H and O–H groups in total. The van der Waals surface area contributed by atoms with Crippen molar-refractivity contribution in [3.63, 3.8) is 0 Å². The number of carbonyl (C=O) groups is 2. The lowest BCUT2D eigenvalue weighted by Gasteiger charge is -2.29. The van der Waals surface area contributed by atoms with Crippen molar-refractivity contribution < 1.29 is 27.9 Å². The van der Waals surface area contributed by atoms with E-state index in [9.17, 15) is 18.0 Å². The van der Waals surface area contributed by atoms with Crippen LogP contribution in [0, 0.1) is 5.92 Å². The second kappa shape index (κ2) is 8.27. The van der Waals surface area contributed by atoms with E-state index in [0.29, 0.717) is 13.2 Å². The standard InChI is InChI=1S/C11H21N3O6S/c1-20-7-4-12-10(15)8-13-21(18,19)14-5-2-9(3-6-14)11(16)17/h9,13H,2-8H2,1H3,(H,12,15)(H,16,17). The number of rotatable bonds is 8. The van der Waals surface area contributed by atoms with Crippen molar-refractivity contribution in [1.29, 1.82) is 0 Å². The summed E-state index contributed by atoms with van der Waals surface area (Å²) in [7, 11) is -2.26. The molecule has 0 atom stereocenters. The number of methoxy groups -OCH3 is 1. The Balaban J connectivity index is 2.37. The Labute approximate surface area is 123 Å². The number of nitrogens with one attached hydrogen (secondary N) is 2. The van der Waals surface area contributed by atoms with E-state index in [4.69, 9.17) is 9.84 Å². The SMILES string of the molecule is COCCNC(=O)CNS(=O)(=O)N1CCC(C(=O)O)CC1. The Morgan fingerprint density at radius 1 is 1.33 bits per heavy atom. The van der Waals surface area contributed by atoms with E-state index in [1.54, 1.807) is 0 Å². The van der Waals surface area contributed by atoms with Crippen LogP contribution in [0.2, 0.25) is 0 Å². The fourth-order valence-electron chi connectivity index (χ4n) is 1.95. The molecule has 9 nitrogen and oxygen atoms in total. The van der Waals surface area contributed by atoms with Crippen LogP contribution >= 0.6 is 0 Å². The van der Waals surface area contributed by atoms with Crippen LogP contribution in [0.15, 0.2) is 0 Å². The van der Waals surface area contributed by atoms with Crippen LogP contribution in [0.3, 0.4) is 0 Å². The summed E-state index contributed by atoms with van der Waals surface area (Å²) in [4.78, 5) is 22.2. The smallest absolute Gasteiger partial charge is 0.306 e. The molecule has 1 saturated heterocycles. The second-order valence-corrected chi connectivity index (χ2v) is 6.44. The van der Waals surface area contributed by atoms with Gasteiger partial charge in [0.2, 0.25) is 5.91 Å². The molecule has 0 aromatic rings. The molecule has 1 amide bonds. The fourth-order valence-corrected chi connectivity index (χ4v) is 3.13. The lowest BCUT2D eigenvalue weighted by molar-refractivity contribution is -0.142. The molecular weight excluding hydrogens is 302 g/mol.